The van der Waals surface area contributed by atoms with Gasteiger partial charge in [-0.2, -0.15) is 0 Å². The molecule has 0 radical (unpaired) electrons. The number of hydrogen-bond donors (Lipinski definition) is 1. The summed E-state index contributed by atoms with van der Waals surface area (Å²) in [6.45, 7) is 3.28. The molecule has 0 aliphatic heterocycles. The Balaban J connectivity index is 1.65. The van der Waals surface area contributed by atoms with Crippen LogP contribution in [0.1, 0.15) is 19.2 Å². The van der Waals surface area contributed by atoms with Crippen LogP contribution in [0.5, 0.6) is 5.75 Å². The summed E-state index contributed by atoms with van der Waals surface area (Å²) in [7, 11) is 0. The molecule has 0 spiro atoms. The van der Waals surface area contributed by atoms with Crippen LogP contribution in [0.3, 0.4) is 0 Å². The Bertz CT molecular complexity index is 859. The first kappa shape index (κ1) is 17.3. The smallest absolute Gasteiger partial charge is 0.217 e. The Morgan fingerprint density at radius 2 is 1.96 bits per heavy atom. The standard InChI is InChI=1S/C19H20ClN3O2/c1-14(24)21-13-19-22-17-5-2-3-6-18(17)23(19)11-4-12-25-16-9-7-15(20)8-10-16/h2-3,5-10H,4,11-13H2,1H3,(H,21,24). The second kappa shape index (κ2) is 8.03. The quantitative estimate of drug-likeness (QED) is 0.654. The second-order valence-electron chi connectivity index (χ2n) is 5.73. The van der Waals surface area contributed by atoms with Gasteiger partial charge in [0.1, 0.15) is 11.6 Å². The molecule has 1 aromatic heterocycles. The summed E-state index contributed by atoms with van der Waals surface area (Å²) in [5, 5.41) is 3.51. The largest absolute Gasteiger partial charge is 0.494 e. The molecular weight excluding hydrogens is 338 g/mol. The van der Waals surface area contributed by atoms with Gasteiger partial charge in [-0.25, -0.2) is 4.98 Å². The van der Waals surface area contributed by atoms with E-state index in [2.05, 4.69) is 14.9 Å². The van der Waals surface area contributed by atoms with Crippen molar-refractivity contribution in [3.8, 4) is 5.75 Å². The molecular formula is C19H20ClN3O2. The number of ether oxygens (including phenoxy) is 1. The third-order valence-electron chi connectivity index (χ3n) is 3.84. The first-order chi connectivity index (χ1) is 12.1. The normalized spacial score (nSPS) is 10.8. The highest BCUT2D eigenvalue weighted by molar-refractivity contribution is 6.30. The SMILES string of the molecule is CC(=O)NCc1nc2ccccc2n1CCCOc1ccc(Cl)cc1. The topological polar surface area (TPSA) is 56.2 Å². The van der Waals surface area contributed by atoms with Crippen LogP contribution in [-0.4, -0.2) is 22.1 Å². The minimum atomic E-state index is -0.0651. The number of halogens is 1. The van der Waals surface area contributed by atoms with Crippen molar-refractivity contribution in [2.75, 3.05) is 6.61 Å². The van der Waals surface area contributed by atoms with E-state index in [9.17, 15) is 4.79 Å². The van der Waals surface area contributed by atoms with Crippen molar-refractivity contribution in [2.45, 2.75) is 26.4 Å². The number of carbonyl (C=O) groups excluding carboxylic acids is 1. The number of imidazole rings is 1. The molecule has 0 saturated heterocycles. The summed E-state index contributed by atoms with van der Waals surface area (Å²) in [5.41, 5.74) is 2.00. The Labute approximate surface area is 151 Å². The Kier molecular flexibility index (Phi) is 5.56. The highest BCUT2D eigenvalue weighted by atomic mass is 35.5. The van der Waals surface area contributed by atoms with Gasteiger partial charge in [0.05, 0.1) is 24.2 Å². The number of hydrogen-bond acceptors (Lipinski definition) is 3. The van der Waals surface area contributed by atoms with Crippen LogP contribution in [0.15, 0.2) is 48.5 Å². The van der Waals surface area contributed by atoms with Crippen LogP contribution >= 0.6 is 11.6 Å². The van der Waals surface area contributed by atoms with Gasteiger partial charge in [0.15, 0.2) is 0 Å². The number of aromatic nitrogens is 2. The maximum atomic E-state index is 11.2. The van der Waals surface area contributed by atoms with Gasteiger partial charge in [-0.3, -0.25) is 4.79 Å². The van der Waals surface area contributed by atoms with Gasteiger partial charge in [-0.05, 0) is 42.8 Å². The predicted octanol–water partition coefficient (Wildman–Crippen LogP) is 3.79. The van der Waals surface area contributed by atoms with Gasteiger partial charge < -0.3 is 14.6 Å². The highest BCUT2D eigenvalue weighted by Gasteiger charge is 2.10. The lowest BCUT2D eigenvalue weighted by molar-refractivity contribution is -0.119. The van der Waals surface area contributed by atoms with Gasteiger partial charge >= 0.3 is 0 Å². The number of para-hydroxylation sites is 2. The monoisotopic (exact) mass is 357 g/mol. The summed E-state index contributed by atoms with van der Waals surface area (Å²) in [6.07, 6.45) is 0.829. The van der Waals surface area contributed by atoms with Crippen LogP contribution in [0.4, 0.5) is 0 Å². The van der Waals surface area contributed by atoms with Crippen LogP contribution < -0.4 is 10.1 Å². The average molecular weight is 358 g/mol. The van der Waals surface area contributed by atoms with E-state index in [1.165, 1.54) is 6.92 Å². The number of nitrogens with one attached hydrogen (secondary N) is 1. The first-order valence-corrected chi connectivity index (χ1v) is 8.58. The van der Waals surface area contributed by atoms with Gasteiger partial charge in [0.2, 0.25) is 5.91 Å². The van der Waals surface area contributed by atoms with E-state index in [4.69, 9.17) is 16.3 Å². The van der Waals surface area contributed by atoms with E-state index in [-0.39, 0.29) is 5.91 Å². The third kappa shape index (κ3) is 4.51. The number of amides is 1. The van der Waals surface area contributed by atoms with Gasteiger partial charge in [-0.1, -0.05) is 23.7 Å². The summed E-state index contributed by atoms with van der Waals surface area (Å²) in [5.74, 6) is 1.59. The van der Waals surface area contributed by atoms with E-state index in [1.807, 2.05) is 48.5 Å². The van der Waals surface area contributed by atoms with Crippen molar-refractivity contribution in [3.63, 3.8) is 0 Å². The summed E-state index contributed by atoms with van der Waals surface area (Å²) in [6, 6.07) is 15.3. The molecule has 1 N–H and O–H groups in total. The molecule has 0 fully saturated rings. The molecule has 3 aromatic rings. The fourth-order valence-electron chi connectivity index (χ4n) is 2.66. The second-order valence-corrected chi connectivity index (χ2v) is 6.17. The van der Waals surface area contributed by atoms with Crippen molar-refractivity contribution in [2.24, 2.45) is 0 Å². The Morgan fingerprint density at radius 3 is 2.72 bits per heavy atom. The van der Waals surface area contributed by atoms with Crippen molar-refractivity contribution < 1.29 is 9.53 Å². The minimum absolute atomic E-state index is 0.0651. The molecule has 0 aliphatic carbocycles. The number of rotatable bonds is 7. The van der Waals surface area contributed by atoms with E-state index >= 15 is 0 Å². The molecule has 25 heavy (non-hydrogen) atoms. The molecule has 0 saturated carbocycles. The molecule has 3 rings (SSSR count). The van der Waals surface area contributed by atoms with Gasteiger partial charge in [0.25, 0.3) is 0 Å². The number of fused-ring (bicyclic) bond motifs is 1. The Morgan fingerprint density at radius 1 is 1.20 bits per heavy atom. The van der Waals surface area contributed by atoms with Crippen molar-refractivity contribution in [3.05, 3.63) is 59.4 Å². The number of benzene rings is 2. The zero-order chi connectivity index (χ0) is 17.6. The predicted molar refractivity (Wildman–Crippen MR) is 98.8 cm³/mol. The van der Waals surface area contributed by atoms with E-state index < -0.39 is 0 Å². The fraction of sp³-hybridized carbons (Fsp3) is 0.263. The van der Waals surface area contributed by atoms with Crippen LogP contribution in [0, 0.1) is 0 Å². The lowest BCUT2D eigenvalue weighted by Crippen LogP contribution is -2.22. The number of aryl methyl sites for hydroxylation is 1. The molecule has 0 aliphatic rings. The first-order valence-electron chi connectivity index (χ1n) is 8.20. The zero-order valence-corrected chi connectivity index (χ0v) is 14.8. The van der Waals surface area contributed by atoms with Gasteiger partial charge in [0, 0.05) is 18.5 Å². The number of carbonyl (C=O) groups is 1. The third-order valence-corrected chi connectivity index (χ3v) is 4.09. The van der Waals surface area contributed by atoms with Crippen LogP contribution in [0.2, 0.25) is 5.02 Å². The maximum absolute atomic E-state index is 11.2. The molecule has 2 aromatic carbocycles. The van der Waals surface area contributed by atoms with Gasteiger partial charge in [-0.15, -0.1) is 0 Å². The lowest BCUT2D eigenvalue weighted by atomic mass is 10.3. The fourth-order valence-corrected chi connectivity index (χ4v) is 2.78. The van der Waals surface area contributed by atoms with Crippen molar-refractivity contribution >= 4 is 28.5 Å². The molecule has 5 nitrogen and oxygen atoms in total. The van der Waals surface area contributed by atoms with Crippen LogP contribution in [0.25, 0.3) is 11.0 Å². The molecule has 0 bridgehead atoms. The molecule has 1 heterocycles. The molecule has 6 heteroatoms. The molecule has 1 amide bonds. The molecule has 0 atom stereocenters. The summed E-state index contributed by atoms with van der Waals surface area (Å²) >= 11 is 5.87. The Hall–Kier alpha value is -2.53. The zero-order valence-electron chi connectivity index (χ0n) is 14.0. The highest BCUT2D eigenvalue weighted by Crippen LogP contribution is 2.18. The summed E-state index contributed by atoms with van der Waals surface area (Å²) in [4.78, 5) is 15.8. The van der Waals surface area contributed by atoms with E-state index in [0.29, 0.717) is 18.2 Å². The van der Waals surface area contributed by atoms with E-state index in [0.717, 1.165) is 35.6 Å². The maximum Gasteiger partial charge on any atom is 0.217 e. The minimum Gasteiger partial charge on any atom is -0.494 e. The van der Waals surface area contributed by atoms with Crippen molar-refractivity contribution in [1.29, 1.82) is 0 Å². The van der Waals surface area contributed by atoms with Crippen molar-refractivity contribution in [1.82, 2.24) is 14.9 Å². The van der Waals surface area contributed by atoms with Crippen LogP contribution in [-0.2, 0) is 17.9 Å². The summed E-state index contributed by atoms with van der Waals surface area (Å²) < 4.78 is 7.88. The molecule has 130 valence electrons. The average Bonchev–Trinajstić information content (AvgIpc) is 2.96. The van der Waals surface area contributed by atoms with E-state index in [1.54, 1.807) is 0 Å². The molecule has 0 unspecified atom stereocenters. The number of nitrogens with zero attached hydrogens (tertiary/aromatic N) is 2. The lowest BCUT2D eigenvalue weighted by Gasteiger charge is -2.11.